The first-order chi connectivity index (χ1) is 8.61. The maximum atomic E-state index is 13.1. The average Bonchev–Trinajstić information content (AvgIpc) is 2.41. The van der Waals surface area contributed by atoms with E-state index in [1.165, 1.54) is 6.07 Å². The first-order valence-corrected chi connectivity index (χ1v) is 6.07. The summed E-state index contributed by atoms with van der Waals surface area (Å²) >= 11 is 0. The molecule has 18 heavy (non-hydrogen) atoms. The van der Waals surface area contributed by atoms with Crippen LogP contribution in [0.25, 0.3) is 0 Å². The second-order valence-corrected chi connectivity index (χ2v) is 4.52. The summed E-state index contributed by atoms with van der Waals surface area (Å²) in [5.41, 5.74) is 0.0397. The summed E-state index contributed by atoms with van der Waals surface area (Å²) in [6.45, 7) is 1.25. The van der Waals surface area contributed by atoms with Gasteiger partial charge in [0.05, 0.1) is 5.56 Å². The lowest BCUT2D eigenvalue weighted by Crippen LogP contribution is -2.44. The number of halogens is 1. The summed E-state index contributed by atoms with van der Waals surface area (Å²) in [5.74, 6) is -0.986. The van der Waals surface area contributed by atoms with Crippen LogP contribution in [-0.2, 0) is 0 Å². The van der Waals surface area contributed by atoms with Crippen LogP contribution in [0.1, 0.15) is 23.2 Å². The van der Waals surface area contributed by atoms with Gasteiger partial charge in [-0.2, -0.15) is 0 Å². The number of carbonyl (C=O) groups is 1. The molecule has 98 valence electrons. The van der Waals surface area contributed by atoms with E-state index in [1.54, 1.807) is 4.90 Å². The Morgan fingerprint density at radius 3 is 2.72 bits per heavy atom. The SMILES string of the molecule is CNC1CCN(C(=O)c2cc(F)ccc2O)CC1. The molecule has 2 rings (SSSR count). The van der Waals surface area contributed by atoms with E-state index in [9.17, 15) is 14.3 Å². The Bertz CT molecular complexity index is 443. The van der Waals surface area contributed by atoms with Gasteiger partial charge in [0.15, 0.2) is 0 Å². The first-order valence-electron chi connectivity index (χ1n) is 6.07. The molecule has 5 heteroatoms. The molecule has 2 N–H and O–H groups in total. The molecule has 0 radical (unpaired) electrons. The van der Waals surface area contributed by atoms with Gasteiger partial charge >= 0.3 is 0 Å². The average molecular weight is 252 g/mol. The Kier molecular flexibility index (Phi) is 3.81. The van der Waals surface area contributed by atoms with Gasteiger partial charge in [0.1, 0.15) is 11.6 Å². The molecule has 1 saturated heterocycles. The van der Waals surface area contributed by atoms with Crippen LogP contribution >= 0.6 is 0 Å². The van der Waals surface area contributed by atoms with Crippen LogP contribution < -0.4 is 5.32 Å². The maximum Gasteiger partial charge on any atom is 0.257 e. The number of nitrogens with one attached hydrogen (secondary N) is 1. The number of carbonyl (C=O) groups excluding carboxylic acids is 1. The van der Waals surface area contributed by atoms with Crippen molar-refractivity contribution in [2.45, 2.75) is 18.9 Å². The number of phenolic OH excluding ortho intramolecular Hbond substituents is 1. The van der Waals surface area contributed by atoms with Crippen LogP contribution in [0.4, 0.5) is 4.39 Å². The van der Waals surface area contributed by atoms with E-state index in [1.807, 2.05) is 7.05 Å². The number of hydrogen-bond donors (Lipinski definition) is 2. The van der Waals surface area contributed by atoms with Crippen molar-refractivity contribution in [2.75, 3.05) is 20.1 Å². The number of benzene rings is 1. The Morgan fingerprint density at radius 2 is 2.11 bits per heavy atom. The highest BCUT2D eigenvalue weighted by molar-refractivity contribution is 5.96. The summed E-state index contributed by atoms with van der Waals surface area (Å²) in [4.78, 5) is 13.8. The van der Waals surface area contributed by atoms with E-state index in [0.29, 0.717) is 19.1 Å². The topological polar surface area (TPSA) is 52.6 Å². The molecule has 1 aromatic rings. The Morgan fingerprint density at radius 1 is 1.44 bits per heavy atom. The quantitative estimate of drug-likeness (QED) is 0.835. The third kappa shape index (κ3) is 2.61. The molecule has 0 atom stereocenters. The van der Waals surface area contributed by atoms with Crippen molar-refractivity contribution in [2.24, 2.45) is 0 Å². The molecular weight excluding hydrogens is 235 g/mol. The molecule has 1 fully saturated rings. The molecule has 1 aromatic carbocycles. The Hall–Kier alpha value is -1.62. The van der Waals surface area contributed by atoms with Gasteiger partial charge < -0.3 is 15.3 Å². The van der Waals surface area contributed by atoms with Crippen LogP contribution in [0.3, 0.4) is 0 Å². The van der Waals surface area contributed by atoms with Gasteiger partial charge in [-0.15, -0.1) is 0 Å². The summed E-state index contributed by atoms with van der Waals surface area (Å²) < 4.78 is 13.1. The zero-order valence-corrected chi connectivity index (χ0v) is 10.3. The number of aromatic hydroxyl groups is 1. The van der Waals surface area contributed by atoms with Crippen LogP contribution in [0.15, 0.2) is 18.2 Å². The van der Waals surface area contributed by atoms with E-state index in [4.69, 9.17) is 0 Å². The fraction of sp³-hybridized carbons (Fsp3) is 0.462. The van der Waals surface area contributed by atoms with E-state index in [2.05, 4.69) is 5.32 Å². The molecule has 1 aliphatic rings. The molecule has 1 amide bonds. The number of hydrogen-bond acceptors (Lipinski definition) is 3. The molecular formula is C13H17FN2O2. The van der Waals surface area contributed by atoms with Crippen LogP contribution in [0.2, 0.25) is 0 Å². The van der Waals surface area contributed by atoms with E-state index in [0.717, 1.165) is 25.0 Å². The van der Waals surface area contributed by atoms with Gasteiger partial charge in [0, 0.05) is 19.1 Å². The van der Waals surface area contributed by atoms with Crippen LogP contribution in [-0.4, -0.2) is 42.1 Å². The highest BCUT2D eigenvalue weighted by Crippen LogP contribution is 2.21. The molecule has 0 bridgehead atoms. The minimum atomic E-state index is -0.513. The molecule has 1 aliphatic heterocycles. The predicted molar refractivity (Wildman–Crippen MR) is 66.1 cm³/mol. The van der Waals surface area contributed by atoms with E-state index >= 15 is 0 Å². The molecule has 4 nitrogen and oxygen atoms in total. The Balaban J connectivity index is 2.10. The van der Waals surface area contributed by atoms with Crippen molar-refractivity contribution in [3.63, 3.8) is 0 Å². The minimum absolute atomic E-state index is 0.0397. The Labute approximate surface area is 105 Å². The molecule has 0 spiro atoms. The number of amides is 1. The van der Waals surface area contributed by atoms with Crippen molar-refractivity contribution in [1.82, 2.24) is 10.2 Å². The second kappa shape index (κ2) is 5.35. The molecule has 1 heterocycles. The van der Waals surface area contributed by atoms with Gasteiger partial charge in [-0.3, -0.25) is 4.79 Å². The van der Waals surface area contributed by atoms with Gasteiger partial charge in [-0.05, 0) is 38.1 Å². The van der Waals surface area contributed by atoms with Crippen molar-refractivity contribution < 1.29 is 14.3 Å². The van der Waals surface area contributed by atoms with Crippen molar-refractivity contribution >= 4 is 5.91 Å². The maximum absolute atomic E-state index is 13.1. The van der Waals surface area contributed by atoms with Crippen molar-refractivity contribution in [3.8, 4) is 5.75 Å². The fourth-order valence-electron chi connectivity index (χ4n) is 2.22. The number of nitrogens with zero attached hydrogens (tertiary/aromatic N) is 1. The summed E-state index contributed by atoms with van der Waals surface area (Å²) in [7, 11) is 1.90. The largest absolute Gasteiger partial charge is 0.507 e. The molecule has 0 aromatic heterocycles. The van der Waals surface area contributed by atoms with Crippen LogP contribution in [0, 0.1) is 5.82 Å². The smallest absolute Gasteiger partial charge is 0.257 e. The highest BCUT2D eigenvalue weighted by atomic mass is 19.1. The van der Waals surface area contributed by atoms with Gasteiger partial charge in [-0.1, -0.05) is 0 Å². The summed E-state index contributed by atoms with van der Waals surface area (Å²) in [6, 6.07) is 3.86. The lowest BCUT2D eigenvalue weighted by molar-refractivity contribution is 0.0704. The van der Waals surface area contributed by atoms with E-state index in [-0.39, 0.29) is 17.2 Å². The summed E-state index contributed by atoms with van der Waals surface area (Å²) in [5, 5.41) is 12.8. The zero-order chi connectivity index (χ0) is 13.1. The van der Waals surface area contributed by atoms with Gasteiger partial charge in [0.25, 0.3) is 5.91 Å². The predicted octanol–water partition coefficient (Wildman–Crippen LogP) is 1.36. The van der Waals surface area contributed by atoms with Gasteiger partial charge in [-0.25, -0.2) is 4.39 Å². The first kappa shape index (κ1) is 12.8. The zero-order valence-electron chi connectivity index (χ0n) is 10.3. The normalized spacial score (nSPS) is 16.9. The van der Waals surface area contributed by atoms with Crippen molar-refractivity contribution in [3.05, 3.63) is 29.6 Å². The lowest BCUT2D eigenvalue weighted by Gasteiger charge is -2.32. The monoisotopic (exact) mass is 252 g/mol. The standard InChI is InChI=1S/C13H17FN2O2/c1-15-10-4-6-16(7-5-10)13(18)11-8-9(14)2-3-12(11)17/h2-3,8,10,15,17H,4-7H2,1H3. The van der Waals surface area contributed by atoms with Gasteiger partial charge in [0.2, 0.25) is 0 Å². The van der Waals surface area contributed by atoms with Crippen molar-refractivity contribution in [1.29, 1.82) is 0 Å². The number of likely N-dealkylation sites (tertiary alicyclic amines) is 1. The summed E-state index contributed by atoms with van der Waals surface area (Å²) in [6.07, 6.45) is 1.75. The molecule has 0 aliphatic carbocycles. The third-order valence-electron chi connectivity index (χ3n) is 3.38. The second-order valence-electron chi connectivity index (χ2n) is 4.52. The molecule has 0 unspecified atom stereocenters. The fourth-order valence-corrected chi connectivity index (χ4v) is 2.22. The highest BCUT2D eigenvalue weighted by Gasteiger charge is 2.24. The van der Waals surface area contributed by atoms with Crippen LogP contribution in [0.5, 0.6) is 5.75 Å². The minimum Gasteiger partial charge on any atom is -0.507 e. The number of phenols is 1. The molecule has 0 saturated carbocycles. The third-order valence-corrected chi connectivity index (χ3v) is 3.38. The number of piperidine rings is 1. The number of rotatable bonds is 2. The lowest BCUT2D eigenvalue weighted by atomic mass is 10.0. The van der Waals surface area contributed by atoms with E-state index < -0.39 is 5.82 Å².